The maximum atomic E-state index is 2.30. The van der Waals surface area contributed by atoms with Crippen molar-refractivity contribution in [1.82, 2.24) is 0 Å². The van der Waals surface area contributed by atoms with Crippen molar-refractivity contribution in [3.8, 4) is 0 Å². The highest BCUT2D eigenvalue weighted by Crippen LogP contribution is 2.23. The van der Waals surface area contributed by atoms with E-state index in [9.17, 15) is 0 Å². The lowest BCUT2D eigenvalue weighted by Crippen LogP contribution is -2.11. The first-order valence-corrected chi connectivity index (χ1v) is 6.56. The van der Waals surface area contributed by atoms with Crippen molar-refractivity contribution >= 4 is 0 Å². The van der Waals surface area contributed by atoms with Gasteiger partial charge in [-0.3, -0.25) is 0 Å². The van der Waals surface area contributed by atoms with Crippen LogP contribution in [0.4, 0.5) is 0 Å². The maximum absolute atomic E-state index is 2.30. The van der Waals surface area contributed by atoms with Crippen LogP contribution in [-0.4, -0.2) is 0 Å². The van der Waals surface area contributed by atoms with Crippen LogP contribution in [0.15, 0.2) is 24.3 Å². The maximum Gasteiger partial charge on any atom is -0.0132 e. The largest absolute Gasteiger partial charge is 0.0651 e. The van der Waals surface area contributed by atoms with Crippen LogP contribution in [0.1, 0.15) is 58.6 Å². The number of hydrogen-bond acceptors (Lipinski definition) is 0. The summed E-state index contributed by atoms with van der Waals surface area (Å²) in [5.74, 6) is 0.848. The van der Waals surface area contributed by atoms with Gasteiger partial charge < -0.3 is 0 Å². The third-order valence-corrected chi connectivity index (χ3v) is 3.50. The third kappa shape index (κ3) is 3.66. The minimum Gasteiger partial charge on any atom is -0.0651 e. The van der Waals surface area contributed by atoms with Gasteiger partial charge in [0.25, 0.3) is 0 Å². The first kappa shape index (κ1) is 13.3. The highest BCUT2D eigenvalue weighted by atomic mass is 14.2. The Kier molecular flexibility index (Phi) is 4.58. The summed E-state index contributed by atoms with van der Waals surface area (Å²) in [6.07, 6.45) is 3.81. The predicted octanol–water partition coefficient (Wildman–Crippen LogP) is 4.96. The smallest absolute Gasteiger partial charge is 0.0132 e. The normalized spacial score (nSPS) is 12.1. The van der Waals surface area contributed by atoms with Crippen LogP contribution in [0.2, 0.25) is 0 Å². The van der Waals surface area contributed by atoms with Gasteiger partial charge in [0.15, 0.2) is 0 Å². The molecule has 0 heterocycles. The lowest BCUT2D eigenvalue weighted by Gasteiger charge is -2.20. The molecule has 0 aliphatic heterocycles. The van der Waals surface area contributed by atoms with Crippen LogP contribution in [0, 0.1) is 5.92 Å². The van der Waals surface area contributed by atoms with Gasteiger partial charge in [-0.25, -0.2) is 0 Å². The van der Waals surface area contributed by atoms with Gasteiger partial charge in [-0.05, 0) is 28.9 Å². The highest BCUT2D eigenvalue weighted by molar-refractivity contribution is 5.27. The molecule has 0 amide bonds. The standard InChI is InChI=1S/C16H26/c1-6-13(7-2)12-14-8-10-15(11-9-14)16(3,4)5/h8-11,13H,6-7,12H2,1-5H3. The van der Waals surface area contributed by atoms with E-state index < -0.39 is 0 Å². The van der Waals surface area contributed by atoms with E-state index in [1.807, 2.05) is 0 Å². The van der Waals surface area contributed by atoms with Gasteiger partial charge in [0.1, 0.15) is 0 Å². The Bertz CT molecular complexity index is 296. The van der Waals surface area contributed by atoms with Crippen LogP contribution < -0.4 is 0 Å². The molecule has 1 aromatic carbocycles. The zero-order valence-electron chi connectivity index (χ0n) is 11.5. The average Bonchev–Trinajstić information content (AvgIpc) is 2.25. The van der Waals surface area contributed by atoms with E-state index in [-0.39, 0.29) is 5.41 Å². The molecule has 0 N–H and O–H groups in total. The van der Waals surface area contributed by atoms with E-state index in [0.29, 0.717) is 0 Å². The van der Waals surface area contributed by atoms with Crippen LogP contribution in [0.5, 0.6) is 0 Å². The molecule has 1 aromatic rings. The van der Waals surface area contributed by atoms with Crippen LogP contribution in [-0.2, 0) is 11.8 Å². The molecule has 0 aliphatic carbocycles. The van der Waals surface area contributed by atoms with Gasteiger partial charge in [0, 0.05) is 0 Å². The van der Waals surface area contributed by atoms with Crippen molar-refractivity contribution in [2.75, 3.05) is 0 Å². The lowest BCUT2D eigenvalue weighted by molar-refractivity contribution is 0.490. The molecule has 0 saturated heterocycles. The molecule has 0 nitrogen and oxygen atoms in total. The third-order valence-electron chi connectivity index (χ3n) is 3.50. The van der Waals surface area contributed by atoms with Gasteiger partial charge in [0.05, 0.1) is 0 Å². The molecule has 90 valence electrons. The molecule has 0 unspecified atom stereocenters. The second-order valence-electron chi connectivity index (χ2n) is 5.83. The fourth-order valence-corrected chi connectivity index (χ4v) is 2.05. The Morgan fingerprint density at radius 2 is 1.44 bits per heavy atom. The second kappa shape index (κ2) is 5.52. The van der Waals surface area contributed by atoms with E-state index >= 15 is 0 Å². The van der Waals surface area contributed by atoms with Crippen molar-refractivity contribution < 1.29 is 0 Å². The number of benzene rings is 1. The summed E-state index contributed by atoms with van der Waals surface area (Å²) in [7, 11) is 0. The van der Waals surface area contributed by atoms with Gasteiger partial charge in [-0.2, -0.15) is 0 Å². The highest BCUT2D eigenvalue weighted by Gasteiger charge is 2.13. The van der Waals surface area contributed by atoms with Crippen LogP contribution >= 0.6 is 0 Å². The first-order valence-electron chi connectivity index (χ1n) is 6.56. The molecule has 0 bridgehead atoms. The minimum absolute atomic E-state index is 0.271. The Labute approximate surface area is 101 Å². The lowest BCUT2D eigenvalue weighted by atomic mass is 9.85. The van der Waals surface area contributed by atoms with E-state index in [1.165, 1.54) is 30.4 Å². The molecular weight excluding hydrogens is 192 g/mol. The van der Waals surface area contributed by atoms with Gasteiger partial charge in [-0.1, -0.05) is 71.7 Å². The van der Waals surface area contributed by atoms with E-state index in [2.05, 4.69) is 58.9 Å². The van der Waals surface area contributed by atoms with Crippen molar-refractivity contribution in [3.63, 3.8) is 0 Å². The van der Waals surface area contributed by atoms with Crippen molar-refractivity contribution in [2.24, 2.45) is 5.92 Å². The summed E-state index contributed by atoms with van der Waals surface area (Å²) < 4.78 is 0. The Morgan fingerprint density at radius 3 is 1.81 bits per heavy atom. The molecule has 0 heteroatoms. The molecule has 16 heavy (non-hydrogen) atoms. The van der Waals surface area contributed by atoms with E-state index in [0.717, 1.165) is 5.92 Å². The molecule has 0 fully saturated rings. The Balaban J connectivity index is 2.72. The molecule has 0 saturated carbocycles. The van der Waals surface area contributed by atoms with Crippen molar-refractivity contribution in [2.45, 2.75) is 59.3 Å². The Hall–Kier alpha value is -0.780. The molecule has 1 rings (SSSR count). The summed E-state index contributed by atoms with van der Waals surface area (Å²) in [4.78, 5) is 0. The first-order chi connectivity index (χ1) is 7.47. The molecule has 0 spiro atoms. The SMILES string of the molecule is CCC(CC)Cc1ccc(C(C)(C)C)cc1. The summed E-state index contributed by atoms with van der Waals surface area (Å²) in [5.41, 5.74) is 3.19. The van der Waals surface area contributed by atoms with Crippen LogP contribution in [0.3, 0.4) is 0 Å². The topological polar surface area (TPSA) is 0 Å². The quantitative estimate of drug-likeness (QED) is 0.670. The van der Waals surface area contributed by atoms with Gasteiger partial charge in [-0.15, -0.1) is 0 Å². The summed E-state index contributed by atoms with van der Waals surface area (Å²) in [6, 6.07) is 9.19. The summed E-state index contributed by atoms with van der Waals surface area (Å²) >= 11 is 0. The number of rotatable bonds is 4. The van der Waals surface area contributed by atoms with Crippen molar-refractivity contribution in [1.29, 1.82) is 0 Å². The fraction of sp³-hybridized carbons (Fsp3) is 0.625. The fourth-order valence-electron chi connectivity index (χ4n) is 2.05. The zero-order valence-corrected chi connectivity index (χ0v) is 11.5. The second-order valence-corrected chi connectivity index (χ2v) is 5.83. The molecule has 0 aromatic heterocycles. The molecular formula is C16H26. The number of hydrogen-bond donors (Lipinski definition) is 0. The summed E-state index contributed by atoms with van der Waals surface area (Å²) in [6.45, 7) is 11.4. The molecule has 0 aliphatic rings. The summed E-state index contributed by atoms with van der Waals surface area (Å²) in [5, 5.41) is 0. The predicted molar refractivity (Wildman–Crippen MR) is 72.9 cm³/mol. The average molecular weight is 218 g/mol. The van der Waals surface area contributed by atoms with E-state index in [4.69, 9.17) is 0 Å². The molecule has 0 atom stereocenters. The monoisotopic (exact) mass is 218 g/mol. The Morgan fingerprint density at radius 1 is 0.938 bits per heavy atom. The van der Waals surface area contributed by atoms with Gasteiger partial charge >= 0.3 is 0 Å². The van der Waals surface area contributed by atoms with Crippen LogP contribution in [0.25, 0.3) is 0 Å². The zero-order chi connectivity index (χ0) is 12.2. The van der Waals surface area contributed by atoms with Crippen molar-refractivity contribution in [3.05, 3.63) is 35.4 Å². The molecule has 0 radical (unpaired) electrons. The van der Waals surface area contributed by atoms with Gasteiger partial charge in [0.2, 0.25) is 0 Å². The minimum atomic E-state index is 0.271. The van der Waals surface area contributed by atoms with E-state index in [1.54, 1.807) is 0 Å².